The number of nitrogens with one attached hydrogen (secondary N) is 1. The Kier molecular flexibility index (Phi) is 7.85. The van der Waals surface area contributed by atoms with Crippen LogP contribution in [0, 0.1) is 5.92 Å². The van der Waals surface area contributed by atoms with Gasteiger partial charge in [0, 0.05) is 38.2 Å². The molecule has 2 bridgehead atoms. The molecular weight excluding hydrogens is 276 g/mol. The summed E-state index contributed by atoms with van der Waals surface area (Å²) in [6, 6.07) is 1.35. The summed E-state index contributed by atoms with van der Waals surface area (Å²) in [5, 5.41) is 3.63. The van der Waals surface area contributed by atoms with Gasteiger partial charge in [0.05, 0.1) is 6.61 Å². The summed E-state index contributed by atoms with van der Waals surface area (Å²) in [7, 11) is 0. The first-order chi connectivity index (χ1) is 9.22. The van der Waals surface area contributed by atoms with Gasteiger partial charge in [0.1, 0.15) is 0 Å². The Morgan fingerprint density at radius 3 is 2.45 bits per heavy atom. The molecule has 20 heavy (non-hydrogen) atoms. The van der Waals surface area contributed by atoms with Gasteiger partial charge in [-0.15, -0.1) is 12.4 Å². The minimum absolute atomic E-state index is 0. The molecule has 2 heterocycles. The van der Waals surface area contributed by atoms with Crippen LogP contribution in [-0.2, 0) is 9.53 Å². The lowest BCUT2D eigenvalue weighted by atomic mass is 9.89. The number of ether oxygens (including phenoxy) is 1. The second kappa shape index (κ2) is 8.85. The Morgan fingerprint density at radius 2 is 1.90 bits per heavy atom. The number of nitrogens with zero attached hydrogens (tertiary/aromatic N) is 1. The highest BCUT2D eigenvalue weighted by atomic mass is 35.5. The molecule has 0 saturated carbocycles. The van der Waals surface area contributed by atoms with Gasteiger partial charge in [0.2, 0.25) is 5.91 Å². The third kappa shape index (κ3) is 4.90. The van der Waals surface area contributed by atoms with Crippen molar-refractivity contribution >= 4 is 18.3 Å². The van der Waals surface area contributed by atoms with Crippen molar-refractivity contribution < 1.29 is 9.53 Å². The highest BCUT2D eigenvalue weighted by molar-refractivity contribution is 5.85. The van der Waals surface area contributed by atoms with E-state index in [-0.39, 0.29) is 12.4 Å². The van der Waals surface area contributed by atoms with Gasteiger partial charge in [0.25, 0.3) is 0 Å². The van der Waals surface area contributed by atoms with E-state index in [1.165, 1.54) is 25.7 Å². The maximum atomic E-state index is 12.3. The average molecular weight is 305 g/mol. The van der Waals surface area contributed by atoms with Gasteiger partial charge >= 0.3 is 0 Å². The van der Waals surface area contributed by atoms with Gasteiger partial charge in [-0.25, -0.2) is 0 Å². The summed E-state index contributed by atoms with van der Waals surface area (Å²) in [6.07, 6.45) is 5.71. The van der Waals surface area contributed by atoms with Crippen molar-refractivity contribution in [3.63, 3.8) is 0 Å². The quantitative estimate of drug-likeness (QED) is 0.733. The van der Waals surface area contributed by atoms with E-state index >= 15 is 0 Å². The monoisotopic (exact) mass is 304 g/mol. The fourth-order valence-corrected chi connectivity index (χ4v) is 3.50. The molecule has 118 valence electrons. The molecule has 0 spiro atoms. The van der Waals surface area contributed by atoms with Crippen LogP contribution in [-0.4, -0.2) is 49.2 Å². The maximum absolute atomic E-state index is 12.3. The van der Waals surface area contributed by atoms with Crippen LogP contribution in [0.1, 0.15) is 46.0 Å². The van der Waals surface area contributed by atoms with E-state index in [1.54, 1.807) is 0 Å². The fraction of sp³-hybridized carbons (Fsp3) is 0.933. The predicted molar refractivity (Wildman–Crippen MR) is 83.3 cm³/mol. The second-order valence-electron chi connectivity index (χ2n) is 5.85. The van der Waals surface area contributed by atoms with Gasteiger partial charge < -0.3 is 15.0 Å². The number of hydrogen-bond donors (Lipinski definition) is 1. The molecule has 2 fully saturated rings. The number of likely N-dealkylation sites (N-methyl/N-ethyl adjacent to an activating group) is 1. The van der Waals surface area contributed by atoms with E-state index < -0.39 is 0 Å². The zero-order valence-corrected chi connectivity index (χ0v) is 13.6. The number of hydrogen-bond acceptors (Lipinski definition) is 3. The Morgan fingerprint density at radius 1 is 1.25 bits per heavy atom. The van der Waals surface area contributed by atoms with Crippen molar-refractivity contribution in [2.24, 2.45) is 5.92 Å². The van der Waals surface area contributed by atoms with Crippen molar-refractivity contribution in [2.75, 3.05) is 26.3 Å². The number of piperidine rings is 1. The van der Waals surface area contributed by atoms with Crippen LogP contribution in [0.2, 0.25) is 0 Å². The zero-order valence-electron chi connectivity index (χ0n) is 12.8. The standard InChI is InChI=1S/C15H28N2O2.ClH/c1-3-17(7-8-19-4-2)15(18)11-12-9-13-5-6-14(10-12)16-13;/h12-14,16H,3-11H2,1-2H3;1H. The molecule has 5 heteroatoms. The smallest absolute Gasteiger partial charge is 0.222 e. The molecular formula is C15H29ClN2O2. The van der Waals surface area contributed by atoms with Gasteiger partial charge in [-0.3, -0.25) is 4.79 Å². The summed E-state index contributed by atoms with van der Waals surface area (Å²) in [5.41, 5.74) is 0. The minimum Gasteiger partial charge on any atom is -0.380 e. The SMILES string of the molecule is CCOCCN(CC)C(=O)CC1CC2CCC(C1)N2.Cl. The predicted octanol–water partition coefficient (Wildman–Crippen LogP) is 2.21. The number of carbonyl (C=O) groups excluding carboxylic acids is 1. The largest absolute Gasteiger partial charge is 0.380 e. The molecule has 0 aliphatic carbocycles. The van der Waals surface area contributed by atoms with Crippen LogP contribution in [0.5, 0.6) is 0 Å². The molecule has 1 N–H and O–H groups in total. The van der Waals surface area contributed by atoms with Crippen molar-refractivity contribution in [3.05, 3.63) is 0 Å². The molecule has 1 amide bonds. The highest BCUT2D eigenvalue weighted by Gasteiger charge is 2.34. The van der Waals surface area contributed by atoms with Crippen molar-refractivity contribution in [2.45, 2.75) is 58.0 Å². The normalized spacial score (nSPS) is 28.0. The van der Waals surface area contributed by atoms with Gasteiger partial charge in [-0.1, -0.05) is 0 Å². The lowest BCUT2D eigenvalue weighted by Gasteiger charge is -2.30. The van der Waals surface area contributed by atoms with Crippen molar-refractivity contribution in [1.82, 2.24) is 10.2 Å². The third-order valence-corrected chi connectivity index (χ3v) is 4.48. The first-order valence-corrected chi connectivity index (χ1v) is 7.84. The number of halogens is 1. The Bertz CT molecular complexity index is 290. The lowest BCUT2D eigenvalue weighted by Crippen LogP contribution is -2.41. The molecule has 2 atom stereocenters. The van der Waals surface area contributed by atoms with Crippen LogP contribution in [0.25, 0.3) is 0 Å². The Balaban J connectivity index is 0.00000200. The maximum Gasteiger partial charge on any atom is 0.222 e. The van der Waals surface area contributed by atoms with E-state index in [9.17, 15) is 4.79 Å². The molecule has 4 nitrogen and oxygen atoms in total. The molecule has 2 rings (SSSR count). The summed E-state index contributed by atoms with van der Waals surface area (Å²) < 4.78 is 5.35. The number of amides is 1. The minimum atomic E-state index is 0. The average Bonchev–Trinajstić information content (AvgIpc) is 2.74. The van der Waals surface area contributed by atoms with Crippen LogP contribution in [0.3, 0.4) is 0 Å². The molecule has 0 aromatic rings. The fourth-order valence-electron chi connectivity index (χ4n) is 3.50. The summed E-state index contributed by atoms with van der Waals surface area (Å²) in [6.45, 7) is 6.96. The van der Waals surface area contributed by atoms with E-state index in [2.05, 4.69) is 12.2 Å². The Labute approximate surface area is 129 Å². The van der Waals surface area contributed by atoms with Gasteiger partial charge in [-0.05, 0) is 45.4 Å². The lowest BCUT2D eigenvalue weighted by molar-refractivity contribution is -0.133. The molecule has 2 saturated heterocycles. The summed E-state index contributed by atoms with van der Waals surface area (Å²) in [4.78, 5) is 14.3. The van der Waals surface area contributed by atoms with E-state index in [0.29, 0.717) is 30.5 Å². The second-order valence-corrected chi connectivity index (χ2v) is 5.85. The zero-order chi connectivity index (χ0) is 13.7. The summed E-state index contributed by atoms with van der Waals surface area (Å²) >= 11 is 0. The molecule has 0 aromatic carbocycles. The number of fused-ring (bicyclic) bond motifs is 2. The van der Waals surface area contributed by atoms with Gasteiger partial charge in [-0.2, -0.15) is 0 Å². The number of carbonyl (C=O) groups is 1. The van der Waals surface area contributed by atoms with E-state index in [4.69, 9.17) is 4.74 Å². The van der Waals surface area contributed by atoms with E-state index in [1.807, 2.05) is 11.8 Å². The van der Waals surface area contributed by atoms with Gasteiger partial charge in [0.15, 0.2) is 0 Å². The molecule has 2 aliphatic rings. The molecule has 2 aliphatic heterocycles. The Hall–Kier alpha value is -0.320. The van der Waals surface area contributed by atoms with Crippen molar-refractivity contribution in [1.29, 1.82) is 0 Å². The highest BCUT2D eigenvalue weighted by Crippen LogP contribution is 2.32. The van der Waals surface area contributed by atoms with Crippen molar-refractivity contribution in [3.8, 4) is 0 Å². The first-order valence-electron chi connectivity index (χ1n) is 7.84. The van der Waals surface area contributed by atoms with E-state index in [0.717, 1.165) is 26.1 Å². The topological polar surface area (TPSA) is 41.6 Å². The van der Waals surface area contributed by atoms with Crippen LogP contribution in [0.15, 0.2) is 0 Å². The number of rotatable bonds is 7. The molecule has 0 radical (unpaired) electrons. The van der Waals surface area contributed by atoms with Crippen LogP contribution >= 0.6 is 12.4 Å². The van der Waals surface area contributed by atoms with Crippen LogP contribution in [0.4, 0.5) is 0 Å². The first kappa shape index (κ1) is 17.7. The third-order valence-electron chi connectivity index (χ3n) is 4.48. The summed E-state index contributed by atoms with van der Waals surface area (Å²) in [5.74, 6) is 0.904. The van der Waals surface area contributed by atoms with Crippen LogP contribution < -0.4 is 5.32 Å². The molecule has 2 unspecified atom stereocenters. The molecule has 0 aromatic heterocycles.